The standard InChI is InChI=1S/C7H8N2S/c1-5-8-7-6(9(5)2)3-4-10-7/h3-4H,1-2H3. The molecule has 0 aliphatic carbocycles. The molecule has 0 amide bonds. The molecule has 2 rings (SSSR count). The molecule has 0 atom stereocenters. The first-order valence-corrected chi connectivity index (χ1v) is 4.03. The van der Waals surface area contributed by atoms with Crippen LogP contribution in [-0.4, -0.2) is 9.55 Å². The number of fused-ring (bicyclic) bond motifs is 1. The van der Waals surface area contributed by atoms with Crippen LogP contribution in [0.2, 0.25) is 0 Å². The summed E-state index contributed by atoms with van der Waals surface area (Å²) >= 11 is 1.69. The maximum Gasteiger partial charge on any atom is 0.141 e. The van der Waals surface area contributed by atoms with Crippen LogP contribution in [0.25, 0.3) is 10.3 Å². The van der Waals surface area contributed by atoms with Crippen LogP contribution in [0.5, 0.6) is 0 Å². The van der Waals surface area contributed by atoms with Gasteiger partial charge in [-0.2, -0.15) is 0 Å². The van der Waals surface area contributed by atoms with Gasteiger partial charge >= 0.3 is 0 Å². The van der Waals surface area contributed by atoms with Crippen LogP contribution in [-0.2, 0) is 7.05 Å². The largest absolute Gasteiger partial charge is 0.331 e. The number of thiophene rings is 1. The molecular formula is C7H8N2S. The molecule has 2 heterocycles. The molecule has 0 radical (unpaired) electrons. The third-order valence-electron chi connectivity index (χ3n) is 1.73. The molecular weight excluding hydrogens is 144 g/mol. The second kappa shape index (κ2) is 1.83. The second-order valence-corrected chi connectivity index (χ2v) is 3.22. The summed E-state index contributed by atoms with van der Waals surface area (Å²) in [6, 6.07) is 2.10. The van der Waals surface area contributed by atoms with Gasteiger partial charge in [0.2, 0.25) is 0 Å². The lowest BCUT2D eigenvalue weighted by molar-refractivity contribution is 0.886. The van der Waals surface area contributed by atoms with Gasteiger partial charge in [0.25, 0.3) is 0 Å². The molecule has 10 heavy (non-hydrogen) atoms. The van der Waals surface area contributed by atoms with E-state index in [0.717, 1.165) is 10.7 Å². The molecule has 2 aromatic rings. The highest BCUT2D eigenvalue weighted by Crippen LogP contribution is 2.19. The maximum absolute atomic E-state index is 4.35. The quantitative estimate of drug-likeness (QED) is 0.564. The van der Waals surface area contributed by atoms with Crippen molar-refractivity contribution in [1.29, 1.82) is 0 Å². The Morgan fingerprint density at radius 3 is 3.10 bits per heavy atom. The molecule has 0 fully saturated rings. The van der Waals surface area contributed by atoms with Gasteiger partial charge in [-0.15, -0.1) is 11.3 Å². The van der Waals surface area contributed by atoms with Gasteiger partial charge in [-0.25, -0.2) is 4.98 Å². The van der Waals surface area contributed by atoms with Gasteiger partial charge in [-0.1, -0.05) is 0 Å². The number of aryl methyl sites for hydroxylation is 2. The Bertz CT molecular complexity index is 358. The van der Waals surface area contributed by atoms with Crippen molar-refractivity contribution in [2.45, 2.75) is 6.92 Å². The number of hydrogen-bond acceptors (Lipinski definition) is 2. The summed E-state index contributed by atoms with van der Waals surface area (Å²) in [6.45, 7) is 2.02. The van der Waals surface area contributed by atoms with E-state index in [2.05, 4.69) is 21.0 Å². The number of aromatic nitrogens is 2. The molecule has 0 unspecified atom stereocenters. The predicted octanol–water partition coefficient (Wildman–Crippen LogP) is 1.94. The molecule has 0 aliphatic rings. The first kappa shape index (κ1) is 5.92. The Labute approximate surface area is 63.1 Å². The van der Waals surface area contributed by atoms with Gasteiger partial charge in [0.05, 0.1) is 5.52 Å². The lowest BCUT2D eigenvalue weighted by atomic mass is 10.5. The van der Waals surface area contributed by atoms with Crippen molar-refractivity contribution in [2.75, 3.05) is 0 Å². The van der Waals surface area contributed by atoms with Crippen LogP contribution in [0.1, 0.15) is 5.82 Å². The maximum atomic E-state index is 4.35. The first-order chi connectivity index (χ1) is 4.79. The second-order valence-electron chi connectivity index (χ2n) is 2.33. The lowest BCUT2D eigenvalue weighted by Crippen LogP contribution is -1.88. The fraction of sp³-hybridized carbons (Fsp3) is 0.286. The molecule has 0 saturated carbocycles. The molecule has 2 aromatic heterocycles. The van der Waals surface area contributed by atoms with Crippen molar-refractivity contribution in [3.63, 3.8) is 0 Å². The molecule has 0 saturated heterocycles. The normalized spacial score (nSPS) is 11.0. The molecule has 0 N–H and O–H groups in total. The molecule has 0 aliphatic heterocycles. The highest BCUT2D eigenvalue weighted by atomic mass is 32.1. The molecule has 3 heteroatoms. The van der Waals surface area contributed by atoms with E-state index < -0.39 is 0 Å². The van der Waals surface area contributed by atoms with E-state index in [4.69, 9.17) is 0 Å². The number of nitrogens with zero attached hydrogens (tertiary/aromatic N) is 2. The number of imidazole rings is 1. The van der Waals surface area contributed by atoms with Gasteiger partial charge < -0.3 is 4.57 Å². The zero-order valence-corrected chi connectivity index (χ0v) is 6.77. The molecule has 0 bridgehead atoms. The minimum atomic E-state index is 1.09. The highest BCUT2D eigenvalue weighted by Gasteiger charge is 2.02. The molecule has 0 spiro atoms. The monoisotopic (exact) mass is 152 g/mol. The summed E-state index contributed by atoms with van der Waals surface area (Å²) in [5, 5.41) is 2.07. The topological polar surface area (TPSA) is 17.8 Å². The van der Waals surface area contributed by atoms with Gasteiger partial charge in [-0.3, -0.25) is 0 Å². The summed E-state index contributed by atoms with van der Waals surface area (Å²) in [5.41, 5.74) is 1.24. The van der Waals surface area contributed by atoms with Crippen molar-refractivity contribution in [3.8, 4) is 0 Å². The van der Waals surface area contributed by atoms with E-state index in [1.165, 1.54) is 5.52 Å². The van der Waals surface area contributed by atoms with E-state index in [1.807, 2.05) is 14.0 Å². The summed E-state index contributed by atoms with van der Waals surface area (Å²) in [4.78, 5) is 5.49. The fourth-order valence-electron chi connectivity index (χ4n) is 1.03. The summed E-state index contributed by atoms with van der Waals surface area (Å²) in [6.07, 6.45) is 0. The Balaban J connectivity index is 2.95. The first-order valence-electron chi connectivity index (χ1n) is 3.15. The highest BCUT2D eigenvalue weighted by molar-refractivity contribution is 7.16. The van der Waals surface area contributed by atoms with E-state index in [0.29, 0.717) is 0 Å². The smallest absolute Gasteiger partial charge is 0.141 e. The van der Waals surface area contributed by atoms with Crippen LogP contribution in [0.4, 0.5) is 0 Å². The van der Waals surface area contributed by atoms with Gasteiger partial charge in [0.15, 0.2) is 0 Å². The van der Waals surface area contributed by atoms with Crippen LogP contribution >= 0.6 is 11.3 Å². The van der Waals surface area contributed by atoms with Crippen molar-refractivity contribution in [2.24, 2.45) is 7.05 Å². The minimum absolute atomic E-state index is 1.09. The number of rotatable bonds is 0. The van der Waals surface area contributed by atoms with Crippen LogP contribution in [0.3, 0.4) is 0 Å². The summed E-state index contributed by atoms with van der Waals surface area (Å²) < 4.78 is 2.10. The average molecular weight is 152 g/mol. The molecule has 0 aromatic carbocycles. The third-order valence-corrected chi connectivity index (χ3v) is 2.53. The minimum Gasteiger partial charge on any atom is -0.331 e. The average Bonchev–Trinajstić information content (AvgIpc) is 2.41. The predicted molar refractivity (Wildman–Crippen MR) is 43.3 cm³/mol. The SMILES string of the molecule is Cc1nc2sccc2n1C. The lowest BCUT2D eigenvalue weighted by Gasteiger charge is -1.91. The molecule has 2 nitrogen and oxygen atoms in total. The van der Waals surface area contributed by atoms with Gasteiger partial charge in [0.1, 0.15) is 10.7 Å². The van der Waals surface area contributed by atoms with Gasteiger partial charge in [-0.05, 0) is 18.4 Å². The fourth-order valence-corrected chi connectivity index (χ4v) is 1.87. The summed E-state index contributed by atoms with van der Waals surface area (Å²) in [5.74, 6) is 1.09. The Morgan fingerprint density at radius 1 is 1.60 bits per heavy atom. The van der Waals surface area contributed by atoms with Crippen LogP contribution in [0.15, 0.2) is 11.4 Å². The molecule has 52 valence electrons. The van der Waals surface area contributed by atoms with Gasteiger partial charge in [0, 0.05) is 7.05 Å². The van der Waals surface area contributed by atoms with Crippen LogP contribution in [0, 0.1) is 6.92 Å². The van der Waals surface area contributed by atoms with Crippen molar-refractivity contribution in [3.05, 3.63) is 17.3 Å². The van der Waals surface area contributed by atoms with E-state index in [1.54, 1.807) is 11.3 Å². The van der Waals surface area contributed by atoms with E-state index in [9.17, 15) is 0 Å². The summed E-state index contributed by atoms with van der Waals surface area (Å²) in [7, 11) is 2.04. The van der Waals surface area contributed by atoms with E-state index in [-0.39, 0.29) is 0 Å². The number of hydrogen-bond donors (Lipinski definition) is 0. The van der Waals surface area contributed by atoms with Crippen LogP contribution < -0.4 is 0 Å². The third kappa shape index (κ3) is 0.609. The Hall–Kier alpha value is -0.830. The van der Waals surface area contributed by atoms with Crippen molar-refractivity contribution >= 4 is 21.7 Å². The Kier molecular flexibility index (Phi) is 1.08. The van der Waals surface area contributed by atoms with E-state index >= 15 is 0 Å². The van der Waals surface area contributed by atoms with Crippen molar-refractivity contribution < 1.29 is 0 Å². The van der Waals surface area contributed by atoms with Crippen molar-refractivity contribution in [1.82, 2.24) is 9.55 Å². The Morgan fingerprint density at radius 2 is 2.40 bits per heavy atom. The zero-order valence-electron chi connectivity index (χ0n) is 5.96. The zero-order chi connectivity index (χ0) is 7.14.